The summed E-state index contributed by atoms with van der Waals surface area (Å²) >= 11 is 0. The SMILES string of the molecule is COCCNC(=O)C1CCN(S(=O)(=O)c2c(C)noc2/C=C/c2ccc(C)cc2)CC1. The van der Waals surface area contributed by atoms with Crippen LogP contribution in [-0.4, -0.2) is 57.1 Å². The van der Waals surface area contributed by atoms with Crippen molar-refractivity contribution in [1.82, 2.24) is 14.8 Å². The minimum atomic E-state index is -3.79. The van der Waals surface area contributed by atoms with Gasteiger partial charge in [-0.2, -0.15) is 4.31 Å². The predicted octanol–water partition coefficient (Wildman–Crippen LogP) is 2.63. The quantitative estimate of drug-likeness (QED) is 0.624. The number of amides is 1. The molecule has 2 aromatic rings. The maximum atomic E-state index is 13.3. The summed E-state index contributed by atoms with van der Waals surface area (Å²) in [5.74, 6) is -0.0535. The van der Waals surface area contributed by atoms with Gasteiger partial charge in [0, 0.05) is 32.7 Å². The second-order valence-corrected chi connectivity index (χ2v) is 9.54. The Kier molecular flexibility index (Phi) is 7.64. The second kappa shape index (κ2) is 10.2. The molecule has 0 radical (unpaired) electrons. The first-order valence-corrected chi connectivity index (χ1v) is 11.7. The van der Waals surface area contributed by atoms with Gasteiger partial charge >= 0.3 is 0 Å². The summed E-state index contributed by atoms with van der Waals surface area (Å²) in [6.07, 6.45) is 4.37. The van der Waals surface area contributed by atoms with Crippen LogP contribution in [0.2, 0.25) is 0 Å². The third kappa shape index (κ3) is 5.61. The van der Waals surface area contributed by atoms with Crippen LogP contribution in [0.5, 0.6) is 0 Å². The Morgan fingerprint density at radius 1 is 1.23 bits per heavy atom. The van der Waals surface area contributed by atoms with E-state index < -0.39 is 10.0 Å². The summed E-state index contributed by atoms with van der Waals surface area (Å²) < 4.78 is 38.3. The highest BCUT2D eigenvalue weighted by molar-refractivity contribution is 7.89. The zero-order valence-electron chi connectivity index (χ0n) is 18.1. The zero-order chi connectivity index (χ0) is 22.4. The lowest BCUT2D eigenvalue weighted by atomic mass is 9.97. The molecule has 0 unspecified atom stereocenters. The van der Waals surface area contributed by atoms with E-state index in [1.54, 1.807) is 26.2 Å². The number of benzene rings is 1. The smallest absolute Gasteiger partial charge is 0.248 e. The van der Waals surface area contributed by atoms with Crippen molar-refractivity contribution < 1.29 is 22.5 Å². The van der Waals surface area contributed by atoms with Crippen molar-refractivity contribution >= 4 is 28.1 Å². The standard InChI is InChI=1S/C22H29N3O5S/c1-16-4-6-18(7-5-16)8-9-20-21(17(2)24-30-20)31(27,28)25-13-10-19(11-14-25)22(26)23-12-15-29-3/h4-9,19H,10-15H2,1-3H3,(H,23,26)/b9-8+. The number of rotatable bonds is 8. The molecule has 2 heterocycles. The molecule has 1 aliphatic rings. The number of sulfonamides is 1. The van der Waals surface area contributed by atoms with Crippen LogP contribution in [0.25, 0.3) is 12.2 Å². The van der Waals surface area contributed by atoms with Crippen molar-refractivity contribution in [3.63, 3.8) is 0 Å². The molecule has 1 saturated heterocycles. The van der Waals surface area contributed by atoms with Crippen LogP contribution < -0.4 is 5.32 Å². The van der Waals surface area contributed by atoms with Crippen molar-refractivity contribution in [1.29, 1.82) is 0 Å². The first-order valence-electron chi connectivity index (χ1n) is 10.3. The number of aromatic nitrogens is 1. The number of carbonyl (C=O) groups is 1. The summed E-state index contributed by atoms with van der Waals surface area (Å²) in [7, 11) is -2.21. The van der Waals surface area contributed by atoms with Crippen LogP contribution >= 0.6 is 0 Å². The number of hydrogen-bond acceptors (Lipinski definition) is 6. The fourth-order valence-electron chi connectivity index (χ4n) is 3.56. The lowest BCUT2D eigenvalue weighted by Crippen LogP contribution is -2.43. The minimum absolute atomic E-state index is 0.0584. The summed E-state index contributed by atoms with van der Waals surface area (Å²) in [6.45, 7) is 5.07. The van der Waals surface area contributed by atoms with Gasteiger partial charge in [0.25, 0.3) is 0 Å². The number of ether oxygens (including phenoxy) is 1. The summed E-state index contributed by atoms with van der Waals surface area (Å²) in [6, 6.07) is 7.87. The summed E-state index contributed by atoms with van der Waals surface area (Å²) in [4.78, 5) is 12.3. The molecule has 1 aromatic heterocycles. The van der Waals surface area contributed by atoms with Gasteiger partial charge in [-0.05, 0) is 38.3 Å². The number of aryl methyl sites for hydroxylation is 2. The van der Waals surface area contributed by atoms with E-state index in [0.717, 1.165) is 11.1 Å². The number of nitrogens with zero attached hydrogens (tertiary/aromatic N) is 2. The van der Waals surface area contributed by atoms with E-state index in [1.165, 1.54) is 4.31 Å². The van der Waals surface area contributed by atoms with Crippen LogP contribution in [0.1, 0.15) is 35.4 Å². The molecule has 0 aliphatic carbocycles. The monoisotopic (exact) mass is 447 g/mol. The molecular formula is C22H29N3O5S. The third-order valence-corrected chi connectivity index (χ3v) is 7.42. The van der Waals surface area contributed by atoms with Crippen molar-refractivity contribution in [2.45, 2.75) is 31.6 Å². The average molecular weight is 448 g/mol. The molecule has 3 rings (SSSR count). The fourth-order valence-corrected chi connectivity index (χ4v) is 5.28. The molecule has 0 saturated carbocycles. The van der Waals surface area contributed by atoms with Gasteiger partial charge in [0.05, 0.1) is 6.61 Å². The van der Waals surface area contributed by atoms with Crippen LogP contribution in [0.4, 0.5) is 0 Å². The van der Waals surface area contributed by atoms with Gasteiger partial charge in [0.2, 0.25) is 15.9 Å². The first kappa shape index (κ1) is 23.2. The molecule has 9 heteroatoms. The zero-order valence-corrected chi connectivity index (χ0v) is 18.9. The van der Waals surface area contributed by atoms with E-state index in [-0.39, 0.29) is 35.6 Å². The summed E-state index contributed by atoms with van der Waals surface area (Å²) in [5, 5.41) is 6.70. The highest BCUT2D eigenvalue weighted by Crippen LogP contribution is 2.29. The Morgan fingerprint density at radius 3 is 2.55 bits per heavy atom. The number of nitrogens with one attached hydrogen (secondary N) is 1. The fraction of sp³-hybridized carbons (Fsp3) is 0.455. The van der Waals surface area contributed by atoms with Gasteiger partial charge in [-0.3, -0.25) is 4.79 Å². The van der Waals surface area contributed by atoms with Crippen LogP contribution in [0, 0.1) is 19.8 Å². The largest absolute Gasteiger partial charge is 0.383 e. The molecule has 168 valence electrons. The van der Waals surface area contributed by atoms with Gasteiger partial charge in [-0.15, -0.1) is 0 Å². The number of hydrogen-bond donors (Lipinski definition) is 1. The molecule has 0 atom stereocenters. The van der Waals surface area contributed by atoms with Crippen molar-refractivity contribution in [3.05, 3.63) is 46.8 Å². The van der Waals surface area contributed by atoms with E-state index in [0.29, 0.717) is 31.7 Å². The topological polar surface area (TPSA) is 102 Å². The van der Waals surface area contributed by atoms with Crippen molar-refractivity contribution in [2.75, 3.05) is 33.4 Å². The Labute approximate surface area is 183 Å². The van der Waals surface area contributed by atoms with E-state index in [1.807, 2.05) is 31.2 Å². The Balaban J connectivity index is 1.71. The number of carbonyl (C=O) groups excluding carboxylic acids is 1. The van der Waals surface area contributed by atoms with E-state index in [9.17, 15) is 13.2 Å². The Morgan fingerprint density at radius 2 is 1.90 bits per heavy atom. The van der Waals surface area contributed by atoms with Gasteiger partial charge in [-0.25, -0.2) is 8.42 Å². The molecule has 1 fully saturated rings. The number of methoxy groups -OCH3 is 1. The molecule has 31 heavy (non-hydrogen) atoms. The molecule has 0 bridgehead atoms. The first-order chi connectivity index (χ1) is 14.8. The lowest BCUT2D eigenvalue weighted by molar-refractivity contribution is -0.126. The van der Waals surface area contributed by atoms with Crippen molar-refractivity contribution in [2.24, 2.45) is 5.92 Å². The Hall–Kier alpha value is -2.49. The maximum absolute atomic E-state index is 13.3. The lowest BCUT2D eigenvalue weighted by Gasteiger charge is -2.30. The molecule has 1 aromatic carbocycles. The molecule has 1 aliphatic heterocycles. The van der Waals surface area contributed by atoms with Gasteiger partial charge in [0.1, 0.15) is 5.69 Å². The average Bonchev–Trinajstić information content (AvgIpc) is 3.14. The van der Waals surface area contributed by atoms with Crippen LogP contribution in [-0.2, 0) is 19.6 Å². The summed E-state index contributed by atoms with van der Waals surface area (Å²) in [5.41, 5.74) is 2.40. The second-order valence-electron chi connectivity index (χ2n) is 7.67. The number of piperidine rings is 1. The Bertz CT molecular complexity index is 1020. The molecule has 1 amide bonds. The molecule has 8 nitrogen and oxygen atoms in total. The van der Waals surface area contributed by atoms with Gasteiger partial charge in [0.15, 0.2) is 10.7 Å². The molecule has 1 N–H and O–H groups in total. The van der Waals surface area contributed by atoms with E-state index in [2.05, 4.69) is 10.5 Å². The molecular weight excluding hydrogens is 418 g/mol. The van der Waals surface area contributed by atoms with Crippen molar-refractivity contribution in [3.8, 4) is 0 Å². The van der Waals surface area contributed by atoms with E-state index >= 15 is 0 Å². The van der Waals surface area contributed by atoms with E-state index in [4.69, 9.17) is 9.26 Å². The third-order valence-electron chi connectivity index (χ3n) is 5.37. The predicted molar refractivity (Wildman–Crippen MR) is 118 cm³/mol. The maximum Gasteiger partial charge on any atom is 0.248 e. The van der Waals surface area contributed by atoms with Crippen LogP contribution in [0.15, 0.2) is 33.7 Å². The normalized spacial score (nSPS) is 16.1. The minimum Gasteiger partial charge on any atom is -0.383 e. The highest BCUT2D eigenvalue weighted by Gasteiger charge is 2.35. The highest BCUT2D eigenvalue weighted by atomic mass is 32.2. The van der Waals surface area contributed by atoms with Gasteiger partial charge in [-0.1, -0.05) is 41.1 Å². The molecule has 0 spiro atoms. The van der Waals surface area contributed by atoms with Gasteiger partial charge < -0.3 is 14.6 Å². The van der Waals surface area contributed by atoms with Crippen LogP contribution in [0.3, 0.4) is 0 Å².